The molecule has 26 heavy (non-hydrogen) atoms. The second-order valence-corrected chi connectivity index (χ2v) is 9.83. The number of ketones is 1. The third-order valence-corrected chi connectivity index (χ3v) is 8.98. The molecule has 0 aromatic heterocycles. The summed E-state index contributed by atoms with van der Waals surface area (Å²) >= 11 is 0. The number of alkyl halides is 3. The van der Waals surface area contributed by atoms with Crippen LogP contribution < -0.4 is 0 Å². The number of aliphatic hydroxyl groups excluding tert-OH is 1. The van der Waals surface area contributed by atoms with Crippen LogP contribution in [0.3, 0.4) is 0 Å². The van der Waals surface area contributed by atoms with Crippen LogP contribution in [-0.2, 0) is 4.79 Å². The molecule has 0 aliphatic heterocycles. The maximum atomic E-state index is 13.6. The zero-order chi connectivity index (χ0) is 18.9. The maximum Gasteiger partial charge on any atom is 0.392 e. The van der Waals surface area contributed by atoms with Crippen molar-refractivity contribution in [3.8, 4) is 0 Å². The van der Waals surface area contributed by atoms with Crippen LogP contribution in [0.5, 0.6) is 0 Å². The van der Waals surface area contributed by atoms with Crippen molar-refractivity contribution in [1.29, 1.82) is 0 Å². The molecule has 4 rings (SSSR count). The lowest BCUT2D eigenvalue weighted by Gasteiger charge is -2.60. The average molecular weight is 370 g/mol. The van der Waals surface area contributed by atoms with Gasteiger partial charge in [0.25, 0.3) is 0 Å². The number of Topliss-reactive ketones (excluding diaryl/α,β-unsaturated/α-hetero) is 1. The molecule has 4 fully saturated rings. The van der Waals surface area contributed by atoms with Gasteiger partial charge in [-0.15, -0.1) is 0 Å². The molecule has 0 bridgehead atoms. The highest BCUT2D eigenvalue weighted by Gasteiger charge is 2.64. The minimum absolute atomic E-state index is 0.0482. The van der Waals surface area contributed by atoms with Gasteiger partial charge in [0.15, 0.2) is 5.78 Å². The zero-order valence-electron chi connectivity index (χ0n) is 15.6. The highest BCUT2D eigenvalue weighted by molar-refractivity contribution is 5.96. The Morgan fingerprint density at radius 3 is 2.38 bits per heavy atom. The summed E-state index contributed by atoms with van der Waals surface area (Å²) < 4.78 is 40.8. The number of halogens is 3. The summed E-state index contributed by atoms with van der Waals surface area (Å²) in [5.41, 5.74) is -0.177. The van der Waals surface area contributed by atoms with Crippen LogP contribution in [0.15, 0.2) is 11.8 Å². The molecule has 5 heteroatoms. The molecule has 0 aromatic rings. The van der Waals surface area contributed by atoms with E-state index < -0.39 is 17.5 Å². The number of carbonyl (C=O) groups excluding carboxylic acids is 1. The van der Waals surface area contributed by atoms with Crippen molar-refractivity contribution in [2.75, 3.05) is 0 Å². The third-order valence-electron chi connectivity index (χ3n) is 8.98. The van der Waals surface area contributed by atoms with E-state index in [0.29, 0.717) is 49.0 Å². The van der Waals surface area contributed by atoms with Crippen LogP contribution in [0.25, 0.3) is 0 Å². The summed E-state index contributed by atoms with van der Waals surface area (Å²) in [5, 5.41) is 9.47. The fourth-order valence-electron chi connectivity index (χ4n) is 7.66. The minimum atomic E-state index is -4.10. The number of aliphatic hydroxyl groups is 1. The van der Waals surface area contributed by atoms with Crippen molar-refractivity contribution < 1.29 is 23.1 Å². The van der Waals surface area contributed by atoms with Gasteiger partial charge in [0.2, 0.25) is 0 Å². The topological polar surface area (TPSA) is 37.3 Å². The molecule has 0 saturated heterocycles. The van der Waals surface area contributed by atoms with Crippen LogP contribution in [0.2, 0.25) is 0 Å². The average Bonchev–Trinajstić information content (AvgIpc) is 2.92. The summed E-state index contributed by atoms with van der Waals surface area (Å²) in [5.74, 6) is 0.0400. The standard InChI is InChI=1S/C21H29F3O2/c1-19-8-7-16-14(15(19)5-6-18(19)21(22,23)24)4-3-13-9-17(26)12(11-25)10-20(13,16)2/h11,13-16,18,25H,3-10H2,1-2H3/t13?,14-,15-,16+,18?,19-,20-/m0/s1. The number of fused-ring (bicyclic) bond motifs is 5. The molecular weight excluding hydrogens is 341 g/mol. The van der Waals surface area contributed by atoms with Crippen molar-refractivity contribution in [2.45, 2.75) is 71.4 Å². The van der Waals surface area contributed by atoms with E-state index in [1.807, 2.05) is 6.92 Å². The number of hydrogen-bond acceptors (Lipinski definition) is 2. The van der Waals surface area contributed by atoms with Gasteiger partial charge in [0, 0.05) is 12.0 Å². The molecule has 146 valence electrons. The van der Waals surface area contributed by atoms with Crippen molar-refractivity contribution in [1.82, 2.24) is 0 Å². The maximum absolute atomic E-state index is 13.6. The van der Waals surface area contributed by atoms with Crippen LogP contribution in [0.4, 0.5) is 13.2 Å². The Balaban J connectivity index is 1.64. The summed E-state index contributed by atoms with van der Waals surface area (Å²) in [6.45, 7) is 4.11. The number of rotatable bonds is 0. The zero-order valence-corrected chi connectivity index (χ0v) is 15.6. The Kier molecular flexibility index (Phi) is 4.06. The molecule has 0 spiro atoms. The fourth-order valence-corrected chi connectivity index (χ4v) is 7.66. The molecule has 2 nitrogen and oxygen atoms in total. The molecule has 4 aliphatic rings. The second-order valence-electron chi connectivity index (χ2n) is 9.83. The molecular formula is C21H29F3O2. The first kappa shape index (κ1) is 18.4. The van der Waals surface area contributed by atoms with E-state index >= 15 is 0 Å². The smallest absolute Gasteiger partial charge is 0.392 e. The van der Waals surface area contributed by atoms with Gasteiger partial charge in [-0.1, -0.05) is 13.8 Å². The van der Waals surface area contributed by atoms with E-state index in [9.17, 15) is 23.1 Å². The van der Waals surface area contributed by atoms with Crippen molar-refractivity contribution in [2.24, 2.45) is 40.4 Å². The van der Waals surface area contributed by atoms with E-state index in [1.165, 1.54) is 0 Å². The summed E-state index contributed by atoms with van der Waals surface area (Å²) in [4.78, 5) is 12.2. The van der Waals surface area contributed by atoms with Gasteiger partial charge in [-0.3, -0.25) is 4.79 Å². The first-order valence-corrected chi connectivity index (χ1v) is 10.0. The van der Waals surface area contributed by atoms with Gasteiger partial charge in [0.05, 0.1) is 12.2 Å². The second kappa shape index (κ2) is 5.75. The predicted octanol–water partition coefficient (Wildman–Crippen LogP) is 5.83. The monoisotopic (exact) mass is 370 g/mol. The Bertz CT molecular complexity index is 640. The Labute approximate surface area is 153 Å². The van der Waals surface area contributed by atoms with Crippen LogP contribution >= 0.6 is 0 Å². The fraction of sp³-hybridized carbons (Fsp3) is 0.857. The van der Waals surface area contributed by atoms with Crippen molar-refractivity contribution in [3.05, 3.63) is 11.8 Å². The quantitative estimate of drug-likeness (QED) is 0.430. The van der Waals surface area contributed by atoms with E-state index in [0.717, 1.165) is 25.5 Å². The van der Waals surface area contributed by atoms with Crippen molar-refractivity contribution in [3.63, 3.8) is 0 Å². The Morgan fingerprint density at radius 1 is 1.04 bits per heavy atom. The molecule has 7 atom stereocenters. The number of allylic oxidation sites excluding steroid dienone is 1. The summed E-state index contributed by atoms with van der Waals surface area (Å²) in [6.07, 6.45) is 2.25. The Hall–Kier alpha value is -1.00. The lowest BCUT2D eigenvalue weighted by molar-refractivity contribution is -0.215. The van der Waals surface area contributed by atoms with E-state index in [4.69, 9.17) is 0 Å². The van der Waals surface area contributed by atoms with Gasteiger partial charge < -0.3 is 5.11 Å². The summed E-state index contributed by atoms with van der Waals surface area (Å²) in [6, 6.07) is 0. The molecule has 0 heterocycles. The third kappa shape index (κ3) is 2.41. The lowest BCUT2D eigenvalue weighted by Crippen LogP contribution is -2.54. The van der Waals surface area contributed by atoms with E-state index in [2.05, 4.69) is 6.92 Å². The van der Waals surface area contributed by atoms with Gasteiger partial charge in [-0.2, -0.15) is 13.2 Å². The van der Waals surface area contributed by atoms with Crippen molar-refractivity contribution >= 4 is 5.78 Å². The normalized spacial score (nSPS) is 50.3. The van der Waals surface area contributed by atoms with E-state index in [1.54, 1.807) is 0 Å². The van der Waals surface area contributed by atoms with Crippen LogP contribution in [0.1, 0.15) is 65.2 Å². The first-order valence-electron chi connectivity index (χ1n) is 10.0. The lowest BCUT2D eigenvalue weighted by atomic mass is 9.44. The highest BCUT2D eigenvalue weighted by Crippen LogP contribution is 2.69. The molecule has 0 amide bonds. The first-order chi connectivity index (χ1) is 12.1. The van der Waals surface area contributed by atoms with Gasteiger partial charge in [0.1, 0.15) is 0 Å². The minimum Gasteiger partial charge on any atom is -0.515 e. The molecule has 4 aliphatic carbocycles. The summed E-state index contributed by atoms with van der Waals surface area (Å²) in [7, 11) is 0. The molecule has 0 aromatic carbocycles. The highest BCUT2D eigenvalue weighted by atomic mass is 19.4. The molecule has 0 radical (unpaired) electrons. The SMILES string of the molecule is C[C@]12CC(=CO)C(=O)CC1CC[C@@H]1[C@H]2CC[C@]2(C)C(C(F)(F)F)CC[C@@H]12. The largest absolute Gasteiger partial charge is 0.515 e. The molecule has 4 saturated carbocycles. The number of hydrogen-bond donors (Lipinski definition) is 1. The molecule has 1 N–H and O–H groups in total. The van der Waals surface area contributed by atoms with E-state index in [-0.39, 0.29) is 23.5 Å². The van der Waals surface area contributed by atoms with Gasteiger partial charge >= 0.3 is 6.18 Å². The molecule has 2 unspecified atom stereocenters. The number of carbonyl (C=O) groups is 1. The predicted molar refractivity (Wildman–Crippen MR) is 92.4 cm³/mol. The van der Waals surface area contributed by atoms with Crippen LogP contribution in [0, 0.1) is 40.4 Å². The van der Waals surface area contributed by atoms with Gasteiger partial charge in [-0.25, -0.2) is 0 Å². The van der Waals surface area contributed by atoms with Crippen LogP contribution in [-0.4, -0.2) is 17.1 Å². The van der Waals surface area contributed by atoms with Gasteiger partial charge in [-0.05, 0) is 79.4 Å². The Morgan fingerprint density at radius 2 is 1.73 bits per heavy atom.